The maximum atomic E-state index is 10.7. The summed E-state index contributed by atoms with van der Waals surface area (Å²) in [5.74, 6) is 0. The molecule has 0 fully saturated rings. The first-order valence-electron chi connectivity index (χ1n) is 6.33. The van der Waals surface area contributed by atoms with Crippen molar-refractivity contribution >= 4 is 34.4 Å². The van der Waals surface area contributed by atoms with Crippen LogP contribution in [0.25, 0.3) is 0 Å². The molecule has 0 aliphatic rings. The summed E-state index contributed by atoms with van der Waals surface area (Å²) < 4.78 is 0. The van der Waals surface area contributed by atoms with E-state index in [0.717, 1.165) is 5.69 Å². The first-order chi connectivity index (χ1) is 10.6. The summed E-state index contributed by atoms with van der Waals surface area (Å²) in [6, 6.07) is 11.6. The largest absolute Gasteiger partial charge is 0.331 e. The number of aromatic nitrogens is 1. The minimum absolute atomic E-state index is 0.0130. The molecule has 0 aliphatic heterocycles. The van der Waals surface area contributed by atoms with Crippen LogP contribution >= 0.6 is 12.2 Å². The van der Waals surface area contributed by atoms with Gasteiger partial charge in [-0.05, 0) is 37.3 Å². The molecule has 2 aromatic rings. The summed E-state index contributed by atoms with van der Waals surface area (Å²) in [4.78, 5) is 14.4. The Kier molecular flexibility index (Phi) is 5.10. The van der Waals surface area contributed by atoms with Crippen molar-refractivity contribution in [2.24, 2.45) is 5.10 Å². The van der Waals surface area contributed by atoms with Gasteiger partial charge in [-0.1, -0.05) is 12.1 Å². The molecule has 22 heavy (non-hydrogen) atoms. The van der Waals surface area contributed by atoms with Gasteiger partial charge in [0.1, 0.15) is 0 Å². The third-order valence-electron chi connectivity index (χ3n) is 2.68. The summed E-state index contributed by atoms with van der Waals surface area (Å²) in [5.41, 5.74) is 4.57. The lowest BCUT2D eigenvalue weighted by atomic mass is 10.3. The van der Waals surface area contributed by atoms with E-state index in [2.05, 4.69) is 20.8 Å². The van der Waals surface area contributed by atoms with Crippen LogP contribution < -0.4 is 10.7 Å². The average molecular weight is 315 g/mol. The van der Waals surface area contributed by atoms with Crippen LogP contribution in [0.2, 0.25) is 0 Å². The third kappa shape index (κ3) is 4.32. The Labute approximate surface area is 132 Å². The molecule has 0 saturated carbocycles. The molecule has 2 N–H and O–H groups in total. The highest BCUT2D eigenvalue weighted by Crippen LogP contribution is 2.16. The van der Waals surface area contributed by atoms with Crippen molar-refractivity contribution in [3.63, 3.8) is 0 Å². The van der Waals surface area contributed by atoms with Gasteiger partial charge in [-0.3, -0.25) is 20.5 Å². The number of anilines is 1. The molecule has 0 spiro atoms. The summed E-state index contributed by atoms with van der Waals surface area (Å²) in [6.07, 6.45) is 1.67. The number of non-ortho nitro benzene ring substituents is 1. The maximum absolute atomic E-state index is 10.7. The maximum Gasteiger partial charge on any atom is 0.271 e. The average Bonchev–Trinajstić information content (AvgIpc) is 2.53. The van der Waals surface area contributed by atoms with Gasteiger partial charge >= 0.3 is 0 Å². The van der Waals surface area contributed by atoms with E-state index in [1.165, 1.54) is 12.1 Å². The zero-order valence-electron chi connectivity index (χ0n) is 11.7. The van der Waals surface area contributed by atoms with E-state index in [4.69, 9.17) is 12.2 Å². The quantitative estimate of drug-likeness (QED) is 0.390. The highest BCUT2D eigenvalue weighted by atomic mass is 32.1. The van der Waals surface area contributed by atoms with Gasteiger partial charge in [0, 0.05) is 24.0 Å². The fraction of sp³-hybridized carbons (Fsp3) is 0.0714. The highest BCUT2D eigenvalue weighted by molar-refractivity contribution is 7.80. The molecule has 0 bridgehead atoms. The molecular formula is C14H13N5O2S. The Morgan fingerprint density at radius 3 is 2.82 bits per heavy atom. The van der Waals surface area contributed by atoms with Gasteiger partial charge in [0.15, 0.2) is 5.11 Å². The van der Waals surface area contributed by atoms with Crippen LogP contribution in [0.4, 0.5) is 11.4 Å². The van der Waals surface area contributed by atoms with Crippen molar-refractivity contribution in [1.82, 2.24) is 10.4 Å². The fourth-order valence-corrected chi connectivity index (χ4v) is 1.79. The Bertz CT molecular complexity index is 718. The molecule has 7 nitrogen and oxygen atoms in total. The summed E-state index contributed by atoms with van der Waals surface area (Å²) >= 11 is 5.09. The fourth-order valence-electron chi connectivity index (χ4n) is 1.62. The van der Waals surface area contributed by atoms with Crippen LogP contribution in [0.1, 0.15) is 12.6 Å². The molecule has 1 aromatic carbocycles. The number of nitro groups is 1. The number of hydrazone groups is 1. The molecule has 2 rings (SSSR count). The van der Waals surface area contributed by atoms with Crippen molar-refractivity contribution in [2.45, 2.75) is 6.92 Å². The smallest absolute Gasteiger partial charge is 0.271 e. The Hall–Kier alpha value is -2.87. The van der Waals surface area contributed by atoms with Gasteiger partial charge < -0.3 is 5.32 Å². The first-order valence-corrected chi connectivity index (χ1v) is 6.74. The van der Waals surface area contributed by atoms with E-state index in [-0.39, 0.29) is 10.8 Å². The van der Waals surface area contributed by atoms with Crippen LogP contribution in [0.5, 0.6) is 0 Å². The number of rotatable bonds is 4. The number of hydrogen-bond donors (Lipinski definition) is 2. The molecule has 0 amide bonds. The zero-order chi connectivity index (χ0) is 15.9. The second kappa shape index (κ2) is 7.23. The topological polar surface area (TPSA) is 92.5 Å². The standard InChI is InChI=1S/C14H13N5O2S/c1-10(13-7-2-3-8-15-13)17-18-14(22)16-11-5-4-6-12(9-11)19(20)21/h2-9H,1H3,(H2,16,18,22)/b17-10+. The van der Waals surface area contributed by atoms with Crippen molar-refractivity contribution in [3.05, 3.63) is 64.5 Å². The molecular weight excluding hydrogens is 302 g/mol. The predicted octanol–water partition coefficient (Wildman–Crippen LogP) is 2.70. The number of benzene rings is 1. The van der Waals surface area contributed by atoms with E-state index in [9.17, 15) is 10.1 Å². The van der Waals surface area contributed by atoms with Gasteiger partial charge in [0.2, 0.25) is 0 Å². The summed E-state index contributed by atoms with van der Waals surface area (Å²) in [7, 11) is 0. The highest BCUT2D eigenvalue weighted by Gasteiger charge is 2.06. The van der Waals surface area contributed by atoms with Crippen molar-refractivity contribution in [2.75, 3.05) is 5.32 Å². The van der Waals surface area contributed by atoms with E-state index >= 15 is 0 Å². The normalized spacial score (nSPS) is 10.9. The van der Waals surface area contributed by atoms with E-state index in [1.807, 2.05) is 18.2 Å². The Morgan fingerprint density at radius 1 is 1.32 bits per heavy atom. The van der Waals surface area contributed by atoms with Crippen molar-refractivity contribution < 1.29 is 4.92 Å². The number of nitro benzene ring substituents is 1. The van der Waals surface area contributed by atoms with E-state index in [1.54, 1.807) is 25.3 Å². The van der Waals surface area contributed by atoms with E-state index < -0.39 is 4.92 Å². The van der Waals surface area contributed by atoms with Gasteiger partial charge in [-0.2, -0.15) is 5.10 Å². The minimum atomic E-state index is -0.467. The van der Waals surface area contributed by atoms with Gasteiger partial charge in [0.25, 0.3) is 5.69 Å². The van der Waals surface area contributed by atoms with Crippen LogP contribution in [-0.4, -0.2) is 20.7 Å². The SMILES string of the molecule is C/C(=N\NC(=S)Nc1cccc([N+](=O)[O-])c1)c1ccccn1. The Morgan fingerprint density at radius 2 is 2.14 bits per heavy atom. The lowest BCUT2D eigenvalue weighted by Gasteiger charge is -2.07. The molecule has 0 radical (unpaired) electrons. The molecule has 112 valence electrons. The van der Waals surface area contributed by atoms with Crippen LogP contribution in [0, 0.1) is 10.1 Å². The second-order valence-corrected chi connectivity index (χ2v) is 4.69. The predicted molar refractivity (Wildman–Crippen MR) is 88.9 cm³/mol. The number of pyridine rings is 1. The summed E-state index contributed by atoms with van der Waals surface area (Å²) in [5, 5.41) is 17.9. The van der Waals surface area contributed by atoms with Gasteiger partial charge in [-0.15, -0.1) is 0 Å². The van der Waals surface area contributed by atoms with Gasteiger partial charge in [0.05, 0.1) is 16.3 Å². The van der Waals surface area contributed by atoms with Crippen molar-refractivity contribution in [1.29, 1.82) is 0 Å². The van der Waals surface area contributed by atoms with Crippen LogP contribution in [-0.2, 0) is 0 Å². The second-order valence-electron chi connectivity index (χ2n) is 4.29. The number of nitrogens with zero attached hydrogens (tertiary/aromatic N) is 3. The number of thiocarbonyl (C=S) groups is 1. The van der Waals surface area contributed by atoms with Crippen LogP contribution in [0.3, 0.4) is 0 Å². The van der Waals surface area contributed by atoms with E-state index in [0.29, 0.717) is 11.4 Å². The summed E-state index contributed by atoms with van der Waals surface area (Å²) in [6.45, 7) is 1.80. The number of hydrogen-bond acceptors (Lipinski definition) is 5. The molecule has 0 saturated heterocycles. The third-order valence-corrected chi connectivity index (χ3v) is 2.87. The van der Waals surface area contributed by atoms with Crippen LogP contribution in [0.15, 0.2) is 53.8 Å². The molecule has 0 atom stereocenters. The molecule has 8 heteroatoms. The Balaban J connectivity index is 1.99. The zero-order valence-corrected chi connectivity index (χ0v) is 12.5. The first kappa shape index (κ1) is 15.5. The molecule has 0 unspecified atom stereocenters. The molecule has 1 aromatic heterocycles. The molecule has 1 heterocycles. The lowest BCUT2D eigenvalue weighted by molar-refractivity contribution is -0.384. The molecule has 0 aliphatic carbocycles. The number of nitrogens with one attached hydrogen (secondary N) is 2. The van der Waals surface area contributed by atoms with Crippen molar-refractivity contribution in [3.8, 4) is 0 Å². The lowest BCUT2D eigenvalue weighted by Crippen LogP contribution is -2.25. The monoisotopic (exact) mass is 315 g/mol. The minimum Gasteiger partial charge on any atom is -0.331 e. The van der Waals surface area contributed by atoms with Gasteiger partial charge in [-0.25, -0.2) is 0 Å².